The van der Waals surface area contributed by atoms with Crippen LogP contribution in [0.25, 0.3) is 0 Å². The number of nitrogens with one attached hydrogen (secondary N) is 3. The van der Waals surface area contributed by atoms with Gasteiger partial charge in [-0.2, -0.15) is 5.10 Å². The molecule has 0 fully saturated rings. The van der Waals surface area contributed by atoms with Crippen LogP contribution in [0.3, 0.4) is 0 Å². The van der Waals surface area contributed by atoms with Crippen molar-refractivity contribution in [1.29, 1.82) is 0 Å². The van der Waals surface area contributed by atoms with E-state index in [1.807, 2.05) is 23.2 Å². The number of carbonyl (C=O) groups excluding carboxylic acids is 1. The number of aromatic nitrogens is 2. The Morgan fingerprint density at radius 3 is 2.85 bits per heavy atom. The quantitative estimate of drug-likeness (QED) is 0.563. The van der Waals surface area contributed by atoms with E-state index >= 15 is 0 Å². The molecule has 8 heteroatoms. The second-order valence-corrected chi connectivity index (χ2v) is 4.66. The van der Waals surface area contributed by atoms with Crippen molar-refractivity contribution >= 4 is 28.1 Å². The lowest BCUT2D eigenvalue weighted by Crippen LogP contribution is -2.31. The van der Waals surface area contributed by atoms with Gasteiger partial charge in [0, 0.05) is 10.7 Å². The normalized spacial score (nSPS) is 10.7. The largest absolute Gasteiger partial charge is 0.325 e. The smallest absolute Gasteiger partial charge is 0.313 e. The van der Waals surface area contributed by atoms with Gasteiger partial charge < -0.3 is 4.98 Å². The van der Waals surface area contributed by atoms with Crippen molar-refractivity contribution < 1.29 is 4.79 Å². The van der Waals surface area contributed by atoms with E-state index in [9.17, 15) is 14.4 Å². The van der Waals surface area contributed by atoms with Gasteiger partial charge in [-0.15, -0.1) is 0 Å². The number of H-pyrrole nitrogens is 2. The summed E-state index contributed by atoms with van der Waals surface area (Å²) in [5.41, 5.74) is 1.30. The lowest BCUT2D eigenvalue weighted by molar-refractivity contribution is 0.0953. The molecule has 7 nitrogen and oxygen atoms in total. The van der Waals surface area contributed by atoms with Crippen LogP contribution in [0.1, 0.15) is 15.9 Å². The summed E-state index contributed by atoms with van der Waals surface area (Å²) in [5.74, 6) is -0.714. The van der Waals surface area contributed by atoms with Crippen LogP contribution in [0.2, 0.25) is 0 Å². The van der Waals surface area contributed by atoms with Gasteiger partial charge in [-0.3, -0.25) is 14.6 Å². The zero-order valence-corrected chi connectivity index (χ0v) is 11.6. The summed E-state index contributed by atoms with van der Waals surface area (Å²) in [5, 5.41) is 3.73. The van der Waals surface area contributed by atoms with E-state index < -0.39 is 17.2 Å². The Bertz CT molecular complexity index is 779. The molecule has 20 heavy (non-hydrogen) atoms. The molecule has 0 aliphatic carbocycles. The van der Waals surface area contributed by atoms with Crippen LogP contribution in [0.5, 0.6) is 0 Å². The van der Waals surface area contributed by atoms with Gasteiger partial charge in [-0.1, -0.05) is 28.1 Å². The topological polar surface area (TPSA) is 107 Å². The number of hydrazone groups is 1. The minimum Gasteiger partial charge on any atom is -0.313 e. The SMILES string of the molecule is O=C(NN=Cc1cccc(Br)c1)c1c[nH]c(=O)[nH]c1=O. The third-order valence-corrected chi connectivity index (χ3v) is 2.79. The molecule has 0 saturated carbocycles. The van der Waals surface area contributed by atoms with E-state index in [1.54, 1.807) is 6.07 Å². The van der Waals surface area contributed by atoms with Crippen LogP contribution in [0.15, 0.2) is 49.6 Å². The summed E-state index contributed by atoms with van der Waals surface area (Å²) in [6, 6.07) is 7.28. The molecule has 0 radical (unpaired) electrons. The fourth-order valence-corrected chi connectivity index (χ4v) is 1.81. The Morgan fingerprint density at radius 2 is 2.15 bits per heavy atom. The molecule has 2 aromatic rings. The lowest BCUT2D eigenvalue weighted by Gasteiger charge is -1.98. The Kier molecular flexibility index (Phi) is 4.26. The van der Waals surface area contributed by atoms with Crippen LogP contribution in [-0.4, -0.2) is 22.1 Å². The Hall–Kier alpha value is -2.48. The minimum absolute atomic E-state index is 0.226. The van der Waals surface area contributed by atoms with Crippen LogP contribution in [-0.2, 0) is 0 Å². The van der Waals surface area contributed by atoms with Crippen molar-refractivity contribution in [3.05, 3.63) is 66.9 Å². The van der Waals surface area contributed by atoms with Crippen LogP contribution >= 0.6 is 15.9 Å². The Labute approximate surface area is 120 Å². The Balaban J connectivity index is 2.09. The van der Waals surface area contributed by atoms with E-state index in [0.29, 0.717) is 0 Å². The van der Waals surface area contributed by atoms with Gasteiger partial charge in [-0.05, 0) is 17.7 Å². The molecule has 1 aromatic heterocycles. The molecule has 0 atom stereocenters. The third kappa shape index (κ3) is 3.51. The van der Waals surface area contributed by atoms with Gasteiger partial charge in [0.25, 0.3) is 11.5 Å². The number of nitrogens with zero attached hydrogens (tertiary/aromatic N) is 1. The number of hydrogen-bond donors (Lipinski definition) is 3. The summed E-state index contributed by atoms with van der Waals surface area (Å²) < 4.78 is 0.879. The van der Waals surface area contributed by atoms with Crippen molar-refractivity contribution in [2.24, 2.45) is 5.10 Å². The molecule has 0 saturated heterocycles. The summed E-state index contributed by atoms with van der Waals surface area (Å²) in [6.45, 7) is 0. The molecule has 0 bridgehead atoms. The first-order valence-electron chi connectivity index (χ1n) is 5.47. The highest BCUT2D eigenvalue weighted by Gasteiger charge is 2.09. The average Bonchev–Trinajstić information content (AvgIpc) is 2.38. The van der Waals surface area contributed by atoms with E-state index in [1.165, 1.54) is 6.21 Å². The maximum Gasteiger partial charge on any atom is 0.325 e. The van der Waals surface area contributed by atoms with E-state index in [4.69, 9.17) is 0 Å². The molecule has 102 valence electrons. The van der Waals surface area contributed by atoms with Crippen molar-refractivity contribution in [2.75, 3.05) is 0 Å². The number of hydrogen-bond acceptors (Lipinski definition) is 4. The maximum atomic E-state index is 11.7. The summed E-state index contributed by atoms with van der Waals surface area (Å²) >= 11 is 3.31. The highest BCUT2D eigenvalue weighted by Crippen LogP contribution is 2.09. The lowest BCUT2D eigenvalue weighted by atomic mass is 10.2. The third-order valence-electron chi connectivity index (χ3n) is 2.29. The van der Waals surface area contributed by atoms with Crippen molar-refractivity contribution in [3.8, 4) is 0 Å². The molecular weight excluding hydrogens is 328 g/mol. The fraction of sp³-hybridized carbons (Fsp3) is 0. The number of amides is 1. The van der Waals surface area contributed by atoms with E-state index in [0.717, 1.165) is 16.2 Å². The first kappa shape index (κ1) is 13.9. The predicted octanol–water partition coefficient (Wildman–Crippen LogP) is 0.590. The van der Waals surface area contributed by atoms with Crippen molar-refractivity contribution in [2.45, 2.75) is 0 Å². The van der Waals surface area contributed by atoms with Gasteiger partial charge >= 0.3 is 5.69 Å². The highest BCUT2D eigenvalue weighted by molar-refractivity contribution is 9.10. The summed E-state index contributed by atoms with van der Waals surface area (Å²) in [4.78, 5) is 38.0. The summed E-state index contributed by atoms with van der Waals surface area (Å²) in [6.07, 6.45) is 2.47. The summed E-state index contributed by atoms with van der Waals surface area (Å²) in [7, 11) is 0. The molecule has 0 unspecified atom stereocenters. The van der Waals surface area contributed by atoms with Gasteiger partial charge in [-0.25, -0.2) is 10.2 Å². The monoisotopic (exact) mass is 336 g/mol. The number of halogens is 1. The fourth-order valence-electron chi connectivity index (χ4n) is 1.39. The van der Waals surface area contributed by atoms with Crippen molar-refractivity contribution in [1.82, 2.24) is 15.4 Å². The molecule has 1 amide bonds. The van der Waals surface area contributed by atoms with Crippen LogP contribution in [0.4, 0.5) is 0 Å². The molecule has 3 N–H and O–H groups in total. The zero-order valence-electron chi connectivity index (χ0n) is 10.0. The second kappa shape index (κ2) is 6.11. The molecule has 0 spiro atoms. The van der Waals surface area contributed by atoms with E-state index in [-0.39, 0.29) is 5.56 Å². The number of benzene rings is 1. The Morgan fingerprint density at radius 1 is 1.35 bits per heavy atom. The molecular formula is C12H9BrN4O3. The van der Waals surface area contributed by atoms with Gasteiger partial charge in [0.2, 0.25) is 0 Å². The number of rotatable bonds is 3. The van der Waals surface area contributed by atoms with E-state index in [2.05, 4.69) is 31.4 Å². The molecule has 2 rings (SSSR count). The first-order chi connectivity index (χ1) is 9.56. The second-order valence-electron chi connectivity index (χ2n) is 3.74. The maximum absolute atomic E-state index is 11.7. The molecule has 1 heterocycles. The molecule has 0 aliphatic heterocycles. The van der Waals surface area contributed by atoms with Gasteiger partial charge in [0.15, 0.2) is 0 Å². The minimum atomic E-state index is -0.774. The average molecular weight is 337 g/mol. The number of carbonyl (C=O) groups is 1. The van der Waals surface area contributed by atoms with Crippen LogP contribution < -0.4 is 16.7 Å². The van der Waals surface area contributed by atoms with Gasteiger partial charge in [0.05, 0.1) is 6.21 Å². The molecule has 1 aromatic carbocycles. The highest BCUT2D eigenvalue weighted by atomic mass is 79.9. The predicted molar refractivity (Wildman–Crippen MR) is 76.9 cm³/mol. The zero-order chi connectivity index (χ0) is 14.5. The van der Waals surface area contributed by atoms with Crippen LogP contribution in [0, 0.1) is 0 Å². The standard InChI is InChI=1S/C12H9BrN4O3/c13-8-3-1-2-7(4-8)5-15-17-11(19)9-6-14-12(20)16-10(9)18/h1-6H,(H,17,19)(H2,14,16,18,20). The number of aromatic amines is 2. The van der Waals surface area contributed by atoms with Gasteiger partial charge in [0.1, 0.15) is 5.56 Å². The molecule has 0 aliphatic rings. The first-order valence-corrected chi connectivity index (χ1v) is 6.26. The van der Waals surface area contributed by atoms with Crippen molar-refractivity contribution in [3.63, 3.8) is 0 Å².